The van der Waals surface area contributed by atoms with E-state index in [2.05, 4.69) is 0 Å². The minimum Gasteiger partial charge on any atom is -0.394 e. The Morgan fingerprint density at radius 2 is 1.17 bits per heavy atom. The summed E-state index contributed by atoms with van der Waals surface area (Å²) < 4.78 is 15.1. The van der Waals surface area contributed by atoms with Crippen molar-refractivity contribution < 1.29 is 55.1 Å². The van der Waals surface area contributed by atoms with Crippen LogP contribution in [0.4, 0.5) is 0 Å². The highest BCUT2D eigenvalue weighted by Gasteiger charge is 2.50. The van der Waals surface area contributed by atoms with Crippen LogP contribution in [0, 0.1) is 0 Å². The van der Waals surface area contributed by atoms with Crippen LogP contribution in [0.2, 0.25) is 0 Å². The van der Waals surface area contributed by atoms with Crippen molar-refractivity contribution in [1.82, 2.24) is 0 Å². The van der Waals surface area contributed by atoms with Gasteiger partial charge in [-0.1, -0.05) is 0 Å². The standard InChI is InChI=1S/C12H22O11/c13-1-3-6(16)8(18)10(11(20)21-3)23-12-9(19)7(17)5(15)4(2-14)22-12/h3-20H,1-2H2/t3-,4-,5+,6+,7+,8+,9-,10-,11+,12-/m1/s1. The maximum absolute atomic E-state index is 9.94. The monoisotopic (exact) mass is 342 g/mol. The minimum atomic E-state index is -1.75. The Balaban J connectivity index is 2.08. The molecule has 2 aliphatic rings. The van der Waals surface area contributed by atoms with Crippen LogP contribution in [-0.4, -0.2) is 115 Å². The van der Waals surface area contributed by atoms with Crippen LogP contribution in [0.25, 0.3) is 0 Å². The molecule has 0 aliphatic carbocycles. The zero-order valence-electron chi connectivity index (χ0n) is 12.0. The number of rotatable bonds is 4. The summed E-state index contributed by atoms with van der Waals surface area (Å²) >= 11 is 0. The van der Waals surface area contributed by atoms with E-state index in [1.807, 2.05) is 0 Å². The Bertz CT molecular complexity index is 380. The first-order valence-electron chi connectivity index (χ1n) is 7.08. The lowest BCUT2D eigenvalue weighted by Crippen LogP contribution is -2.64. The molecule has 0 aromatic heterocycles. The van der Waals surface area contributed by atoms with E-state index in [0.717, 1.165) is 0 Å². The predicted molar refractivity (Wildman–Crippen MR) is 68.6 cm³/mol. The van der Waals surface area contributed by atoms with E-state index in [1.165, 1.54) is 0 Å². The molecule has 0 aromatic carbocycles. The molecule has 0 saturated carbocycles. The van der Waals surface area contributed by atoms with Gasteiger partial charge in [-0.25, -0.2) is 0 Å². The van der Waals surface area contributed by atoms with Gasteiger partial charge in [-0.3, -0.25) is 0 Å². The van der Waals surface area contributed by atoms with E-state index in [-0.39, 0.29) is 0 Å². The summed E-state index contributed by atoms with van der Waals surface area (Å²) in [5.41, 5.74) is 0. The second-order valence-electron chi connectivity index (χ2n) is 5.53. The van der Waals surface area contributed by atoms with Gasteiger partial charge in [-0.15, -0.1) is 0 Å². The summed E-state index contributed by atoms with van der Waals surface area (Å²) in [4.78, 5) is 0. The average Bonchev–Trinajstić information content (AvgIpc) is 2.54. The van der Waals surface area contributed by atoms with Crippen LogP contribution in [-0.2, 0) is 14.2 Å². The normalized spacial score (nSPS) is 51.7. The molecule has 0 spiro atoms. The quantitative estimate of drug-likeness (QED) is 0.243. The highest BCUT2D eigenvalue weighted by molar-refractivity contribution is 4.93. The molecule has 8 N–H and O–H groups in total. The fraction of sp³-hybridized carbons (Fsp3) is 1.00. The zero-order valence-corrected chi connectivity index (χ0v) is 12.0. The third kappa shape index (κ3) is 3.65. The highest BCUT2D eigenvalue weighted by atomic mass is 16.7. The van der Waals surface area contributed by atoms with Gasteiger partial charge >= 0.3 is 0 Å². The molecule has 0 bridgehead atoms. The Labute approximate surface area is 130 Å². The van der Waals surface area contributed by atoms with E-state index >= 15 is 0 Å². The third-order valence-corrected chi connectivity index (χ3v) is 3.98. The molecule has 2 rings (SSSR count). The van der Waals surface area contributed by atoms with Crippen LogP contribution in [0.5, 0.6) is 0 Å². The number of hydrogen-bond acceptors (Lipinski definition) is 11. The zero-order chi connectivity index (χ0) is 17.3. The number of aliphatic hydroxyl groups is 8. The van der Waals surface area contributed by atoms with E-state index in [4.69, 9.17) is 24.4 Å². The summed E-state index contributed by atoms with van der Waals surface area (Å²) in [5, 5.41) is 76.7. The Hall–Kier alpha value is -0.440. The molecule has 0 radical (unpaired) electrons. The molecule has 0 aromatic rings. The predicted octanol–water partition coefficient (Wildman–Crippen LogP) is -5.40. The van der Waals surface area contributed by atoms with Crippen molar-refractivity contribution in [3.8, 4) is 0 Å². The third-order valence-electron chi connectivity index (χ3n) is 3.98. The molecule has 2 aliphatic heterocycles. The molecule has 10 atom stereocenters. The first-order chi connectivity index (χ1) is 10.8. The van der Waals surface area contributed by atoms with Gasteiger partial charge in [0.25, 0.3) is 0 Å². The van der Waals surface area contributed by atoms with E-state index in [1.54, 1.807) is 0 Å². The maximum atomic E-state index is 9.94. The fourth-order valence-corrected chi connectivity index (χ4v) is 2.55. The van der Waals surface area contributed by atoms with Gasteiger partial charge in [0.15, 0.2) is 12.6 Å². The molecule has 0 unspecified atom stereocenters. The van der Waals surface area contributed by atoms with Gasteiger partial charge in [-0.05, 0) is 0 Å². The number of ether oxygens (including phenoxy) is 3. The van der Waals surface area contributed by atoms with Crippen LogP contribution < -0.4 is 0 Å². The van der Waals surface area contributed by atoms with Crippen molar-refractivity contribution in [2.45, 2.75) is 61.4 Å². The molecule has 11 heteroatoms. The molecule has 2 fully saturated rings. The summed E-state index contributed by atoms with van der Waals surface area (Å²) in [5.74, 6) is 0. The molecular weight excluding hydrogens is 320 g/mol. The lowest BCUT2D eigenvalue weighted by atomic mass is 9.97. The molecule has 2 heterocycles. The summed E-state index contributed by atoms with van der Waals surface area (Å²) in [6.45, 7) is -1.33. The maximum Gasteiger partial charge on any atom is 0.187 e. The van der Waals surface area contributed by atoms with Gasteiger partial charge in [0.2, 0.25) is 0 Å². The van der Waals surface area contributed by atoms with Crippen molar-refractivity contribution in [2.75, 3.05) is 13.2 Å². The summed E-state index contributed by atoms with van der Waals surface area (Å²) in [6.07, 6.45) is -15.6. The molecular formula is C12H22O11. The van der Waals surface area contributed by atoms with Gasteiger partial charge in [-0.2, -0.15) is 0 Å². The largest absolute Gasteiger partial charge is 0.394 e. The van der Waals surface area contributed by atoms with Gasteiger partial charge in [0, 0.05) is 0 Å². The van der Waals surface area contributed by atoms with Crippen molar-refractivity contribution in [3.05, 3.63) is 0 Å². The minimum absolute atomic E-state index is 0.651. The van der Waals surface area contributed by atoms with Crippen molar-refractivity contribution in [3.63, 3.8) is 0 Å². The van der Waals surface area contributed by atoms with Gasteiger partial charge in [0.05, 0.1) is 13.2 Å². The van der Waals surface area contributed by atoms with Crippen molar-refractivity contribution >= 4 is 0 Å². The van der Waals surface area contributed by atoms with Gasteiger partial charge in [0.1, 0.15) is 48.8 Å². The SMILES string of the molecule is OC[C@H]1O[C@H](O[C@@H]2[C@@H](O)[C@@H](O)[C@@H](CO)O[C@@H]2O)[C@H](O)[C@@H](O)[C@H]1O. The lowest BCUT2D eigenvalue weighted by molar-refractivity contribution is -0.361. The first-order valence-corrected chi connectivity index (χ1v) is 7.08. The average molecular weight is 342 g/mol. The smallest absolute Gasteiger partial charge is 0.187 e. The number of aliphatic hydroxyl groups excluding tert-OH is 8. The van der Waals surface area contributed by atoms with Crippen LogP contribution in [0.3, 0.4) is 0 Å². The van der Waals surface area contributed by atoms with E-state index in [9.17, 15) is 30.6 Å². The van der Waals surface area contributed by atoms with Crippen LogP contribution in [0.1, 0.15) is 0 Å². The highest BCUT2D eigenvalue weighted by Crippen LogP contribution is 2.28. The Morgan fingerprint density at radius 1 is 0.652 bits per heavy atom. The number of hydrogen-bond donors (Lipinski definition) is 8. The van der Waals surface area contributed by atoms with Gasteiger partial charge < -0.3 is 55.1 Å². The topological polar surface area (TPSA) is 190 Å². The van der Waals surface area contributed by atoms with E-state index in [0.29, 0.717) is 0 Å². The lowest BCUT2D eigenvalue weighted by Gasteiger charge is -2.44. The molecule has 2 saturated heterocycles. The molecule has 23 heavy (non-hydrogen) atoms. The fourth-order valence-electron chi connectivity index (χ4n) is 2.55. The Morgan fingerprint density at radius 3 is 1.74 bits per heavy atom. The summed E-state index contributed by atoms with van der Waals surface area (Å²) in [6, 6.07) is 0. The molecule has 0 amide bonds. The molecule has 11 nitrogen and oxygen atoms in total. The van der Waals surface area contributed by atoms with Crippen LogP contribution >= 0.6 is 0 Å². The van der Waals surface area contributed by atoms with E-state index < -0.39 is 74.6 Å². The Kier molecular flexibility index (Phi) is 6.27. The second kappa shape index (κ2) is 7.63. The summed E-state index contributed by atoms with van der Waals surface area (Å²) in [7, 11) is 0. The van der Waals surface area contributed by atoms with Crippen molar-refractivity contribution in [2.24, 2.45) is 0 Å². The van der Waals surface area contributed by atoms with Crippen LogP contribution in [0.15, 0.2) is 0 Å². The second-order valence-corrected chi connectivity index (χ2v) is 5.53. The van der Waals surface area contributed by atoms with Crippen molar-refractivity contribution in [1.29, 1.82) is 0 Å². The molecule has 136 valence electrons. The first kappa shape index (κ1) is 18.9.